The highest BCUT2D eigenvalue weighted by molar-refractivity contribution is 5.30. The molecule has 2 heteroatoms. The summed E-state index contributed by atoms with van der Waals surface area (Å²) in [7, 11) is 0. The second-order valence-electron chi connectivity index (χ2n) is 7.21. The van der Waals surface area contributed by atoms with Crippen LogP contribution in [0.5, 0.6) is 0 Å². The van der Waals surface area contributed by atoms with Gasteiger partial charge in [0.05, 0.1) is 6.10 Å². The molecular weight excluding hydrogens is 222 g/mol. The van der Waals surface area contributed by atoms with Crippen LogP contribution in [0, 0.1) is 5.41 Å². The maximum Gasteiger partial charge on any atom is 0.0812 e. The molecule has 1 unspecified atom stereocenters. The van der Waals surface area contributed by atoms with Crippen molar-refractivity contribution in [2.24, 2.45) is 5.41 Å². The Balaban J connectivity index is 2.42. The number of aromatic nitrogens is 1. The fourth-order valence-electron chi connectivity index (χ4n) is 3.43. The number of aliphatic hydroxyl groups excluding tert-OH is 1. The molecule has 0 fully saturated rings. The smallest absolute Gasteiger partial charge is 0.0812 e. The lowest BCUT2D eigenvalue weighted by atomic mass is 9.75. The van der Waals surface area contributed by atoms with Gasteiger partial charge in [0, 0.05) is 23.0 Å². The Labute approximate surface area is 111 Å². The number of rotatable bonds is 3. The molecule has 1 aliphatic rings. The highest BCUT2D eigenvalue weighted by Gasteiger charge is 2.35. The molecule has 1 heterocycles. The van der Waals surface area contributed by atoms with Gasteiger partial charge in [-0.05, 0) is 44.6 Å². The monoisotopic (exact) mass is 249 g/mol. The van der Waals surface area contributed by atoms with Gasteiger partial charge in [-0.3, -0.25) is 0 Å². The number of fused-ring (bicyclic) bond motifs is 1. The van der Waals surface area contributed by atoms with Gasteiger partial charge in [0.15, 0.2) is 0 Å². The Kier molecular flexibility index (Phi) is 3.35. The van der Waals surface area contributed by atoms with Crippen molar-refractivity contribution in [2.75, 3.05) is 0 Å². The van der Waals surface area contributed by atoms with Crippen LogP contribution < -0.4 is 0 Å². The Morgan fingerprint density at radius 2 is 2.11 bits per heavy atom. The molecule has 2 rings (SSSR count). The Morgan fingerprint density at radius 3 is 2.72 bits per heavy atom. The first-order valence-corrected chi connectivity index (χ1v) is 7.15. The third-order valence-corrected chi connectivity index (χ3v) is 4.29. The minimum Gasteiger partial charge on any atom is -0.388 e. The van der Waals surface area contributed by atoms with Crippen LogP contribution in [0.3, 0.4) is 0 Å². The molecule has 0 aliphatic heterocycles. The van der Waals surface area contributed by atoms with Crippen molar-refractivity contribution in [2.45, 2.75) is 71.9 Å². The van der Waals surface area contributed by atoms with Crippen LogP contribution in [0.1, 0.15) is 71.2 Å². The van der Waals surface area contributed by atoms with Crippen LogP contribution >= 0.6 is 0 Å². The van der Waals surface area contributed by atoms with E-state index in [4.69, 9.17) is 0 Å². The summed E-state index contributed by atoms with van der Waals surface area (Å²) in [5, 5.41) is 10.3. The Bertz CT molecular complexity index is 428. The summed E-state index contributed by atoms with van der Waals surface area (Å²) < 4.78 is 2.40. The van der Waals surface area contributed by atoms with Crippen molar-refractivity contribution in [3.63, 3.8) is 0 Å². The van der Waals surface area contributed by atoms with Crippen molar-refractivity contribution < 1.29 is 5.11 Å². The molecule has 2 nitrogen and oxygen atoms in total. The van der Waals surface area contributed by atoms with Crippen LogP contribution in [0.4, 0.5) is 0 Å². The van der Waals surface area contributed by atoms with E-state index >= 15 is 0 Å². The minimum absolute atomic E-state index is 0.148. The normalized spacial score (nSPS) is 22.9. The largest absolute Gasteiger partial charge is 0.388 e. The zero-order chi connectivity index (χ0) is 13.6. The summed E-state index contributed by atoms with van der Waals surface area (Å²) in [5.41, 5.74) is 2.84. The predicted octanol–water partition coefficient (Wildman–Crippen LogP) is 4.03. The van der Waals surface area contributed by atoms with E-state index in [-0.39, 0.29) is 17.1 Å². The number of nitrogens with zero attached hydrogens (tertiary/aromatic N) is 1. The van der Waals surface area contributed by atoms with Crippen molar-refractivity contribution in [1.82, 2.24) is 4.57 Å². The molecule has 1 aliphatic carbocycles. The SMILES string of the molecule is CCCC(C)(C)n1ccc2c1CC(C)(C)CC2O. The molecule has 0 amide bonds. The van der Waals surface area contributed by atoms with Gasteiger partial charge >= 0.3 is 0 Å². The van der Waals surface area contributed by atoms with Gasteiger partial charge in [0.2, 0.25) is 0 Å². The average molecular weight is 249 g/mol. The second kappa shape index (κ2) is 4.41. The highest BCUT2D eigenvalue weighted by atomic mass is 16.3. The maximum absolute atomic E-state index is 10.3. The summed E-state index contributed by atoms with van der Waals surface area (Å²) >= 11 is 0. The lowest BCUT2D eigenvalue weighted by Gasteiger charge is -2.37. The van der Waals surface area contributed by atoms with Crippen molar-refractivity contribution >= 4 is 0 Å². The Morgan fingerprint density at radius 1 is 1.44 bits per heavy atom. The first kappa shape index (κ1) is 13.7. The average Bonchev–Trinajstić information content (AvgIpc) is 2.59. The van der Waals surface area contributed by atoms with Crippen LogP contribution in [-0.2, 0) is 12.0 Å². The number of hydrogen-bond donors (Lipinski definition) is 1. The van der Waals surface area contributed by atoms with E-state index < -0.39 is 0 Å². The quantitative estimate of drug-likeness (QED) is 0.859. The van der Waals surface area contributed by atoms with Gasteiger partial charge in [0.1, 0.15) is 0 Å². The standard InChI is InChI=1S/C16H27NO/c1-6-8-16(4,5)17-9-7-12-13(17)10-15(2,3)11-14(12)18/h7,9,14,18H,6,8,10-11H2,1-5H3. The van der Waals surface area contributed by atoms with Gasteiger partial charge in [-0.1, -0.05) is 27.2 Å². The van der Waals surface area contributed by atoms with Gasteiger partial charge in [-0.15, -0.1) is 0 Å². The molecule has 1 N–H and O–H groups in total. The first-order valence-electron chi connectivity index (χ1n) is 7.15. The van der Waals surface area contributed by atoms with Crippen molar-refractivity contribution in [3.05, 3.63) is 23.5 Å². The van der Waals surface area contributed by atoms with Crippen LogP contribution in [0.2, 0.25) is 0 Å². The topological polar surface area (TPSA) is 25.2 Å². The zero-order valence-corrected chi connectivity index (χ0v) is 12.5. The van der Waals surface area contributed by atoms with E-state index in [1.54, 1.807) is 0 Å². The molecule has 1 aromatic heterocycles. The number of hydrogen-bond acceptors (Lipinski definition) is 1. The van der Waals surface area contributed by atoms with E-state index in [9.17, 15) is 5.11 Å². The molecule has 0 bridgehead atoms. The highest BCUT2D eigenvalue weighted by Crippen LogP contribution is 2.42. The summed E-state index contributed by atoms with van der Waals surface area (Å²) in [5.74, 6) is 0. The van der Waals surface area contributed by atoms with Gasteiger partial charge in [0.25, 0.3) is 0 Å². The summed E-state index contributed by atoms with van der Waals surface area (Å²) in [4.78, 5) is 0. The molecule has 0 saturated heterocycles. The molecule has 0 spiro atoms. The van der Waals surface area contributed by atoms with Gasteiger partial charge in [-0.25, -0.2) is 0 Å². The molecule has 102 valence electrons. The lowest BCUT2D eigenvalue weighted by molar-refractivity contribution is 0.0960. The fraction of sp³-hybridized carbons (Fsp3) is 0.750. The van der Waals surface area contributed by atoms with Crippen LogP contribution in [0.25, 0.3) is 0 Å². The maximum atomic E-state index is 10.3. The van der Waals surface area contributed by atoms with Crippen LogP contribution in [0.15, 0.2) is 12.3 Å². The van der Waals surface area contributed by atoms with Crippen LogP contribution in [-0.4, -0.2) is 9.67 Å². The van der Waals surface area contributed by atoms with E-state index in [2.05, 4.69) is 51.4 Å². The molecule has 0 radical (unpaired) electrons. The van der Waals surface area contributed by atoms with E-state index in [0.29, 0.717) is 0 Å². The third kappa shape index (κ3) is 2.35. The first-order chi connectivity index (χ1) is 8.27. The number of aliphatic hydroxyl groups is 1. The minimum atomic E-state index is -0.289. The lowest BCUT2D eigenvalue weighted by Crippen LogP contribution is -2.32. The van der Waals surface area contributed by atoms with E-state index in [1.165, 1.54) is 18.5 Å². The summed E-state index contributed by atoms with van der Waals surface area (Å²) in [6.45, 7) is 11.3. The van der Waals surface area contributed by atoms with Gasteiger partial charge < -0.3 is 9.67 Å². The fourth-order valence-corrected chi connectivity index (χ4v) is 3.43. The summed E-state index contributed by atoms with van der Waals surface area (Å²) in [6, 6.07) is 2.12. The molecule has 1 atom stereocenters. The van der Waals surface area contributed by atoms with Gasteiger partial charge in [-0.2, -0.15) is 0 Å². The predicted molar refractivity (Wildman–Crippen MR) is 75.7 cm³/mol. The molecule has 1 aromatic rings. The molecule has 0 aromatic carbocycles. The molecular formula is C16H27NO. The summed E-state index contributed by atoms with van der Waals surface area (Å²) in [6.07, 6.45) is 6.18. The zero-order valence-electron chi connectivity index (χ0n) is 12.5. The van der Waals surface area contributed by atoms with Crippen molar-refractivity contribution in [3.8, 4) is 0 Å². The third-order valence-electron chi connectivity index (χ3n) is 4.29. The second-order valence-corrected chi connectivity index (χ2v) is 7.21. The molecule has 0 saturated carbocycles. The molecule has 18 heavy (non-hydrogen) atoms. The van der Waals surface area contributed by atoms with E-state index in [1.807, 2.05) is 0 Å². The Hall–Kier alpha value is -0.760. The van der Waals surface area contributed by atoms with E-state index in [0.717, 1.165) is 18.4 Å². The van der Waals surface area contributed by atoms with Crippen molar-refractivity contribution in [1.29, 1.82) is 0 Å².